The van der Waals surface area contributed by atoms with E-state index in [-0.39, 0.29) is 17.9 Å². The smallest absolute Gasteiger partial charge is 0.263 e. The summed E-state index contributed by atoms with van der Waals surface area (Å²) in [5.41, 5.74) is 6.83. The molecule has 0 fully saturated rings. The van der Waals surface area contributed by atoms with Crippen LogP contribution in [0.2, 0.25) is 0 Å². The normalized spacial score (nSPS) is 15.6. The van der Waals surface area contributed by atoms with Gasteiger partial charge in [-0.2, -0.15) is 0 Å². The lowest BCUT2D eigenvalue weighted by molar-refractivity contribution is 0.0594. The Bertz CT molecular complexity index is 676. The molecule has 0 bridgehead atoms. The lowest BCUT2D eigenvalue weighted by Gasteiger charge is -2.21. The van der Waals surface area contributed by atoms with E-state index in [4.69, 9.17) is 10.2 Å². The quantitative estimate of drug-likeness (QED) is 0.684. The Balaban J connectivity index is 1.91. The van der Waals surface area contributed by atoms with Crippen LogP contribution in [0.1, 0.15) is 33.4 Å². The van der Waals surface area contributed by atoms with Crippen LogP contribution in [0.5, 0.6) is 0 Å². The minimum absolute atomic E-state index is 0.284. The molecule has 1 aliphatic heterocycles. The Labute approximate surface area is 116 Å². The van der Waals surface area contributed by atoms with E-state index >= 15 is 0 Å². The molecule has 5 heteroatoms. The molecule has 0 radical (unpaired) electrons. The summed E-state index contributed by atoms with van der Waals surface area (Å²) in [6.45, 7) is 1.82. The van der Waals surface area contributed by atoms with Crippen molar-refractivity contribution in [3.63, 3.8) is 0 Å². The molecule has 102 valence electrons. The highest BCUT2D eigenvalue weighted by Crippen LogP contribution is 2.29. The van der Waals surface area contributed by atoms with Crippen LogP contribution in [-0.2, 0) is 6.42 Å². The number of carbonyl (C=O) groups excluding carboxylic acids is 2. The first-order valence-electron chi connectivity index (χ1n) is 6.38. The van der Waals surface area contributed by atoms with Gasteiger partial charge >= 0.3 is 0 Å². The Morgan fingerprint density at radius 2 is 2.00 bits per heavy atom. The predicted octanol–water partition coefficient (Wildman–Crippen LogP) is 2.09. The van der Waals surface area contributed by atoms with E-state index < -0.39 is 0 Å². The maximum Gasteiger partial charge on any atom is 0.263 e. The molecule has 1 aromatic heterocycles. The molecule has 0 spiro atoms. The van der Waals surface area contributed by atoms with Crippen molar-refractivity contribution >= 4 is 17.5 Å². The molecule has 0 aliphatic carbocycles. The molecule has 2 heterocycles. The molecule has 1 aliphatic rings. The van der Waals surface area contributed by atoms with E-state index in [1.807, 2.05) is 13.0 Å². The summed E-state index contributed by atoms with van der Waals surface area (Å²) in [5, 5.41) is 0. The van der Waals surface area contributed by atoms with Gasteiger partial charge in [0.05, 0.1) is 17.4 Å². The molecule has 1 unspecified atom stereocenters. The highest BCUT2D eigenvalue weighted by atomic mass is 16.3. The molecular weight excluding hydrogens is 256 g/mol. The molecule has 0 saturated heterocycles. The lowest BCUT2D eigenvalue weighted by Crippen LogP contribution is -2.39. The summed E-state index contributed by atoms with van der Waals surface area (Å²) in [6, 6.07) is 8.26. The molecule has 1 atom stereocenters. The lowest BCUT2D eigenvalue weighted by atomic mass is 10.1. The van der Waals surface area contributed by atoms with Crippen molar-refractivity contribution in [2.75, 3.05) is 5.73 Å². The number of nitrogen functional groups attached to an aromatic ring is 1. The van der Waals surface area contributed by atoms with Crippen molar-refractivity contribution in [3.05, 3.63) is 53.5 Å². The number of amides is 2. The van der Waals surface area contributed by atoms with Crippen LogP contribution in [0.15, 0.2) is 41.0 Å². The van der Waals surface area contributed by atoms with Crippen molar-refractivity contribution in [3.8, 4) is 0 Å². The average Bonchev–Trinajstić information content (AvgIpc) is 2.98. The number of nitrogens with zero attached hydrogens (tertiary/aromatic N) is 1. The van der Waals surface area contributed by atoms with E-state index in [0.29, 0.717) is 23.2 Å². The van der Waals surface area contributed by atoms with Gasteiger partial charge in [-0.25, -0.2) is 0 Å². The number of hydrogen-bond donors (Lipinski definition) is 1. The second-order valence-corrected chi connectivity index (χ2v) is 4.88. The van der Waals surface area contributed by atoms with Crippen molar-refractivity contribution < 1.29 is 14.0 Å². The van der Waals surface area contributed by atoms with Crippen LogP contribution in [-0.4, -0.2) is 22.8 Å². The minimum atomic E-state index is -0.331. The van der Waals surface area contributed by atoms with Crippen LogP contribution >= 0.6 is 0 Å². The molecular formula is C15H14N2O3. The average molecular weight is 270 g/mol. The molecule has 1 aromatic carbocycles. The zero-order valence-corrected chi connectivity index (χ0v) is 11.0. The number of anilines is 1. The van der Waals surface area contributed by atoms with Crippen molar-refractivity contribution in [2.24, 2.45) is 0 Å². The molecule has 2 N–H and O–H groups in total. The van der Waals surface area contributed by atoms with Gasteiger partial charge in [-0.1, -0.05) is 6.07 Å². The van der Waals surface area contributed by atoms with E-state index in [1.54, 1.807) is 30.5 Å². The third-order valence-electron chi connectivity index (χ3n) is 3.50. The molecule has 20 heavy (non-hydrogen) atoms. The van der Waals surface area contributed by atoms with E-state index in [1.165, 1.54) is 4.90 Å². The van der Waals surface area contributed by atoms with Crippen molar-refractivity contribution in [1.29, 1.82) is 0 Å². The second-order valence-electron chi connectivity index (χ2n) is 4.88. The van der Waals surface area contributed by atoms with Gasteiger partial charge in [0.1, 0.15) is 5.76 Å². The number of nitrogens with two attached hydrogens (primary N) is 1. The molecule has 2 aromatic rings. The summed E-state index contributed by atoms with van der Waals surface area (Å²) in [6.07, 6.45) is 2.06. The highest BCUT2D eigenvalue weighted by Gasteiger charge is 2.39. The van der Waals surface area contributed by atoms with Gasteiger partial charge in [0, 0.05) is 18.2 Å². The summed E-state index contributed by atoms with van der Waals surface area (Å²) in [7, 11) is 0. The molecule has 3 rings (SSSR count). The van der Waals surface area contributed by atoms with Gasteiger partial charge in [0.25, 0.3) is 11.8 Å². The molecule has 5 nitrogen and oxygen atoms in total. The minimum Gasteiger partial charge on any atom is -0.469 e. The fraction of sp³-hybridized carbons (Fsp3) is 0.200. The van der Waals surface area contributed by atoms with E-state index in [2.05, 4.69) is 0 Å². The summed E-state index contributed by atoms with van der Waals surface area (Å²) in [4.78, 5) is 26.0. The van der Waals surface area contributed by atoms with Gasteiger partial charge in [-0.15, -0.1) is 0 Å². The fourth-order valence-corrected chi connectivity index (χ4v) is 2.54. The third kappa shape index (κ3) is 1.79. The van der Waals surface area contributed by atoms with Crippen molar-refractivity contribution in [1.82, 2.24) is 4.90 Å². The zero-order chi connectivity index (χ0) is 14.3. The Morgan fingerprint density at radius 3 is 2.65 bits per heavy atom. The molecule has 2 amide bonds. The number of imide groups is 1. The first-order valence-corrected chi connectivity index (χ1v) is 6.38. The first-order chi connectivity index (χ1) is 9.59. The Morgan fingerprint density at radius 1 is 1.20 bits per heavy atom. The van der Waals surface area contributed by atoms with E-state index in [0.717, 1.165) is 5.76 Å². The van der Waals surface area contributed by atoms with Gasteiger partial charge in [0.15, 0.2) is 0 Å². The second kappa shape index (κ2) is 4.52. The van der Waals surface area contributed by atoms with Crippen molar-refractivity contribution in [2.45, 2.75) is 19.4 Å². The first kappa shape index (κ1) is 12.5. The maximum atomic E-state index is 12.4. The summed E-state index contributed by atoms with van der Waals surface area (Å²) >= 11 is 0. The standard InChI is InChI=1S/C15H14N2O3/c1-9(8-10-4-3-7-20-10)17-14(18)11-5-2-6-12(16)13(11)15(17)19/h2-7,9H,8,16H2,1H3. The van der Waals surface area contributed by atoms with Crippen LogP contribution in [0.25, 0.3) is 0 Å². The van der Waals surface area contributed by atoms with Crippen LogP contribution in [0, 0.1) is 0 Å². The maximum absolute atomic E-state index is 12.4. The number of benzene rings is 1. The third-order valence-corrected chi connectivity index (χ3v) is 3.50. The van der Waals surface area contributed by atoms with Gasteiger partial charge in [-0.05, 0) is 31.2 Å². The number of carbonyl (C=O) groups is 2. The SMILES string of the molecule is CC(Cc1ccco1)N1C(=O)c2cccc(N)c2C1=O. The van der Waals surface area contributed by atoms with Crippen LogP contribution in [0.3, 0.4) is 0 Å². The fourth-order valence-electron chi connectivity index (χ4n) is 2.54. The van der Waals surface area contributed by atoms with Gasteiger partial charge in [-0.3, -0.25) is 14.5 Å². The van der Waals surface area contributed by atoms with E-state index in [9.17, 15) is 9.59 Å². The Hall–Kier alpha value is -2.56. The summed E-state index contributed by atoms with van der Waals surface area (Å²) < 4.78 is 5.26. The van der Waals surface area contributed by atoms with Crippen LogP contribution < -0.4 is 5.73 Å². The Kier molecular flexibility index (Phi) is 2.82. The van der Waals surface area contributed by atoms with Gasteiger partial charge in [0.2, 0.25) is 0 Å². The predicted molar refractivity (Wildman–Crippen MR) is 73.2 cm³/mol. The number of hydrogen-bond acceptors (Lipinski definition) is 4. The van der Waals surface area contributed by atoms with Crippen LogP contribution in [0.4, 0.5) is 5.69 Å². The molecule has 0 saturated carbocycles. The van der Waals surface area contributed by atoms with Gasteiger partial charge < -0.3 is 10.2 Å². The largest absolute Gasteiger partial charge is 0.469 e. The monoisotopic (exact) mass is 270 g/mol. The number of fused-ring (bicyclic) bond motifs is 1. The topological polar surface area (TPSA) is 76.5 Å². The zero-order valence-electron chi connectivity index (χ0n) is 11.0. The number of rotatable bonds is 3. The number of furan rings is 1. The summed E-state index contributed by atoms with van der Waals surface area (Å²) in [5.74, 6) is 0.112. The highest BCUT2D eigenvalue weighted by molar-refractivity contribution is 6.23.